The maximum atomic E-state index is 12.6. The number of carbonyl (C=O) groups excluding carboxylic acids is 1. The highest BCUT2D eigenvalue weighted by atomic mass is 32.2. The van der Waals surface area contributed by atoms with Crippen LogP contribution in [0, 0.1) is 0 Å². The number of carbonyl (C=O) groups is 1. The number of benzene rings is 1. The molecule has 0 saturated carbocycles. The van der Waals surface area contributed by atoms with Crippen LogP contribution in [-0.2, 0) is 10.2 Å². The SMILES string of the molecule is CC(C)(C)c1nnc(SCC(=O)N[C@H](c2ccccc2)c2cccs2)n1N. The van der Waals surface area contributed by atoms with Crippen LogP contribution >= 0.6 is 23.1 Å². The predicted octanol–water partition coefficient (Wildman–Crippen LogP) is 3.35. The molecule has 8 heteroatoms. The van der Waals surface area contributed by atoms with Crippen molar-refractivity contribution in [3.63, 3.8) is 0 Å². The maximum absolute atomic E-state index is 12.6. The van der Waals surface area contributed by atoms with Gasteiger partial charge in [-0.2, -0.15) is 0 Å². The van der Waals surface area contributed by atoms with Gasteiger partial charge >= 0.3 is 0 Å². The number of hydrogen-bond donors (Lipinski definition) is 2. The Bertz CT molecular complexity index is 885. The molecule has 27 heavy (non-hydrogen) atoms. The van der Waals surface area contributed by atoms with Gasteiger partial charge in [0.05, 0.1) is 11.8 Å². The number of aromatic nitrogens is 3. The molecule has 0 radical (unpaired) electrons. The van der Waals surface area contributed by atoms with Gasteiger partial charge in [-0.1, -0.05) is 68.9 Å². The number of rotatable bonds is 6. The molecule has 0 saturated heterocycles. The third-order valence-electron chi connectivity index (χ3n) is 3.93. The Morgan fingerprint density at radius 1 is 1.22 bits per heavy atom. The van der Waals surface area contributed by atoms with E-state index in [0.29, 0.717) is 11.0 Å². The second-order valence-electron chi connectivity index (χ2n) is 7.14. The van der Waals surface area contributed by atoms with Crippen molar-refractivity contribution in [2.75, 3.05) is 11.6 Å². The molecule has 0 aliphatic carbocycles. The van der Waals surface area contributed by atoms with E-state index in [0.717, 1.165) is 10.4 Å². The van der Waals surface area contributed by atoms with E-state index in [9.17, 15) is 4.79 Å². The van der Waals surface area contributed by atoms with Crippen molar-refractivity contribution in [1.29, 1.82) is 0 Å². The summed E-state index contributed by atoms with van der Waals surface area (Å²) in [6, 6.07) is 13.8. The molecule has 0 spiro atoms. The first-order valence-corrected chi connectivity index (χ1v) is 10.4. The van der Waals surface area contributed by atoms with Gasteiger partial charge < -0.3 is 11.2 Å². The van der Waals surface area contributed by atoms with Gasteiger partial charge in [0.25, 0.3) is 0 Å². The second kappa shape index (κ2) is 8.14. The zero-order chi connectivity index (χ0) is 19.4. The van der Waals surface area contributed by atoms with Crippen molar-refractivity contribution in [2.45, 2.75) is 37.4 Å². The van der Waals surface area contributed by atoms with E-state index in [1.807, 2.05) is 68.6 Å². The van der Waals surface area contributed by atoms with Gasteiger partial charge in [-0.25, -0.2) is 4.68 Å². The molecular formula is C19H23N5OS2. The summed E-state index contributed by atoms with van der Waals surface area (Å²) in [7, 11) is 0. The third-order valence-corrected chi connectivity index (χ3v) is 5.81. The Morgan fingerprint density at radius 2 is 1.96 bits per heavy atom. The summed E-state index contributed by atoms with van der Waals surface area (Å²) in [6.45, 7) is 6.06. The van der Waals surface area contributed by atoms with Gasteiger partial charge in [0.2, 0.25) is 11.1 Å². The fourth-order valence-corrected chi connectivity index (χ4v) is 4.11. The summed E-state index contributed by atoms with van der Waals surface area (Å²) in [5.41, 5.74) is 0.843. The van der Waals surface area contributed by atoms with Crippen LogP contribution in [0.5, 0.6) is 0 Å². The molecule has 0 fully saturated rings. The number of amides is 1. The standard InChI is InChI=1S/C19H23N5OS2/c1-19(2,3)17-22-23-18(24(17)20)27-12-15(25)21-16(14-10-7-11-26-14)13-8-5-4-6-9-13/h4-11,16H,12,20H2,1-3H3,(H,21,25)/t16-/m1/s1. The summed E-state index contributed by atoms with van der Waals surface area (Å²) in [6.07, 6.45) is 0. The fraction of sp³-hybridized carbons (Fsp3) is 0.316. The molecule has 6 nitrogen and oxygen atoms in total. The Hall–Kier alpha value is -2.32. The van der Waals surface area contributed by atoms with E-state index in [2.05, 4.69) is 15.5 Å². The van der Waals surface area contributed by atoms with Crippen LogP contribution in [0.2, 0.25) is 0 Å². The van der Waals surface area contributed by atoms with Crippen molar-refractivity contribution in [1.82, 2.24) is 20.2 Å². The van der Waals surface area contributed by atoms with E-state index in [4.69, 9.17) is 5.84 Å². The van der Waals surface area contributed by atoms with E-state index in [-0.39, 0.29) is 23.1 Å². The summed E-state index contributed by atoms with van der Waals surface area (Å²) in [4.78, 5) is 13.7. The zero-order valence-electron chi connectivity index (χ0n) is 15.5. The van der Waals surface area contributed by atoms with Gasteiger partial charge in [-0.3, -0.25) is 4.79 Å². The van der Waals surface area contributed by atoms with Crippen molar-refractivity contribution in [3.05, 3.63) is 64.1 Å². The molecule has 0 aliphatic heterocycles. The quantitative estimate of drug-likeness (QED) is 0.489. The molecule has 2 aromatic heterocycles. The lowest BCUT2D eigenvalue weighted by Gasteiger charge is -2.18. The first-order valence-electron chi connectivity index (χ1n) is 8.57. The normalized spacial score (nSPS) is 12.7. The van der Waals surface area contributed by atoms with Crippen LogP contribution in [0.25, 0.3) is 0 Å². The third kappa shape index (κ3) is 4.70. The number of nitrogen functional groups attached to an aromatic ring is 1. The monoisotopic (exact) mass is 401 g/mol. The van der Waals surface area contributed by atoms with Crippen LogP contribution in [0.1, 0.15) is 43.1 Å². The lowest BCUT2D eigenvalue weighted by atomic mass is 9.96. The summed E-state index contributed by atoms with van der Waals surface area (Å²) in [5.74, 6) is 6.91. The average molecular weight is 402 g/mol. The molecule has 142 valence electrons. The highest BCUT2D eigenvalue weighted by Gasteiger charge is 2.24. The first-order chi connectivity index (χ1) is 12.9. The minimum Gasteiger partial charge on any atom is -0.344 e. The van der Waals surface area contributed by atoms with Crippen molar-refractivity contribution in [2.24, 2.45) is 0 Å². The number of hydrogen-bond acceptors (Lipinski definition) is 6. The topological polar surface area (TPSA) is 85.8 Å². The van der Waals surface area contributed by atoms with Gasteiger partial charge in [-0.05, 0) is 17.0 Å². The molecule has 0 bridgehead atoms. The minimum atomic E-state index is -0.208. The van der Waals surface area contributed by atoms with E-state index < -0.39 is 0 Å². The molecule has 0 unspecified atom stereocenters. The number of thioether (sulfide) groups is 1. The Kier molecular flexibility index (Phi) is 5.86. The number of nitrogens with one attached hydrogen (secondary N) is 1. The number of nitrogens with zero attached hydrogens (tertiary/aromatic N) is 3. The second-order valence-corrected chi connectivity index (χ2v) is 9.06. The minimum absolute atomic E-state index is 0.0810. The maximum Gasteiger partial charge on any atom is 0.231 e. The molecule has 1 atom stereocenters. The van der Waals surface area contributed by atoms with Gasteiger partial charge in [0.1, 0.15) is 0 Å². The molecule has 3 N–H and O–H groups in total. The summed E-state index contributed by atoms with van der Waals surface area (Å²) < 4.78 is 1.46. The van der Waals surface area contributed by atoms with E-state index >= 15 is 0 Å². The van der Waals surface area contributed by atoms with E-state index in [1.165, 1.54) is 16.4 Å². The van der Waals surface area contributed by atoms with Gasteiger partial charge in [-0.15, -0.1) is 21.5 Å². The van der Waals surface area contributed by atoms with Gasteiger partial charge in [0, 0.05) is 10.3 Å². The van der Waals surface area contributed by atoms with Crippen molar-refractivity contribution < 1.29 is 4.79 Å². The van der Waals surface area contributed by atoms with Crippen molar-refractivity contribution in [3.8, 4) is 0 Å². The fourth-order valence-electron chi connectivity index (χ4n) is 2.64. The average Bonchev–Trinajstić information content (AvgIpc) is 3.28. The Labute approximate surface area is 167 Å². The molecule has 1 amide bonds. The molecule has 1 aromatic carbocycles. The van der Waals surface area contributed by atoms with Crippen LogP contribution in [0.3, 0.4) is 0 Å². The van der Waals surface area contributed by atoms with Crippen LogP contribution in [0.15, 0.2) is 53.0 Å². The zero-order valence-corrected chi connectivity index (χ0v) is 17.2. The lowest BCUT2D eigenvalue weighted by molar-refractivity contribution is -0.119. The van der Waals surface area contributed by atoms with Crippen LogP contribution in [0.4, 0.5) is 0 Å². The van der Waals surface area contributed by atoms with Crippen LogP contribution < -0.4 is 11.2 Å². The number of nitrogens with two attached hydrogens (primary N) is 1. The molecular weight excluding hydrogens is 378 g/mol. The van der Waals surface area contributed by atoms with Crippen LogP contribution in [-0.4, -0.2) is 26.5 Å². The van der Waals surface area contributed by atoms with Crippen molar-refractivity contribution >= 4 is 29.0 Å². The number of thiophene rings is 1. The highest BCUT2D eigenvalue weighted by molar-refractivity contribution is 7.99. The van der Waals surface area contributed by atoms with Gasteiger partial charge in [0.15, 0.2) is 5.82 Å². The first kappa shape index (κ1) is 19.4. The molecule has 2 heterocycles. The lowest BCUT2D eigenvalue weighted by Crippen LogP contribution is -2.30. The Morgan fingerprint density at radius 3 is 2.56 bits per heavy atom. The smallest absolute Gasteiger partial charge is 0.231 e. The largest absolute Gasteiger partial charge is 0.344 e. The summed E-state index contributed by atoms with van der Waals surface area (Å²) in [5, 5.41) is 13.9. The molecule has 3 rings (SSSR count). The molecule has 3 aromatic rings. The predicted molar refractivity (Wildman–Crippen MR) is 110 cm³/mol. The van der Waals surface area contributed by atoms with E-state index in [1.54, 1.807) is 11.3 Å². The Balaban J connectivity index is 1.68. The molecule has 0 aliphatic rings. The summed E-state index contributed by atoms with van der Waals surface area (Å²) >= 11 is 2.91. The highest BCUT2D eigenvalue weighted by Crippen LogP contribution is 2.27.